The van der Waals surface area contributed by atoms with E-state index in [9.17, 15) is 5.26 Å². The van der Waals surface area contributed by atoms with E-state index >= 15 is 0 Å². The first-order chi connectivity index (χ1) is 13.6. The van der Waals surface area contributed by atoms with Gasteiger partial charge in [0.2, 0.25) is 11.8 Å². The van der Waals surface area contributed by atoms with Crippen molar-refractivity contribution < 1.29 is 9.47 Å². The summed E-state index contributed by atoms with van der Waals surface area (Å²) in [5.41, 5.74) is 9.90. The number of nitrogens with one attached hydrogen (secondary N) is 1. The SMILES string of the molecule is Cc1[nH]nc2c1[C@H](c1ccc(OCc3ccc(Cl)cc3)cc1)C(C#N)=C(N)O2. The van der Waals surface area contributed by atoms with E-state index in [0.29, 0.717) is 23.1 Å². The first-order valence-electron chi connectivity index (χ1n) is 8.66. The van der Waals surface area contributed by atoms with Gasteiger partial charge in [-0.15, -0.1) is 5.10 Å². The van der Waals surface area contributed by atoms with Crippen LogP contribution in [0.1, 0.15) is 28.3 Å². The minimum absolute atomic E-state index is 0.0783. The van der Waals surface area contributed by atoms with E-state index in [1.807, 2.05) is 55.5 Å². The van der Waals surface area contributed by atoms with Gasteiger partial charge in [0.05, 0.1) is 5.92 Å². The fourth-order valence-electron chi connectivity index (χ4n) is 3.24. The van der Waals surface area contributed by atoms with Crippen LogP contribution in [0.3, 0.4) is 0 Å². The van der Waals surface area contributed by atoms with E-state index in [4.69, 9.17) is 26.8 Å². The normalized spacial score (nSPS) is 15.5. The molecule has 0 fully saturated rings. The molecule has 2 heterocycles. The molecule has 7 heteroatoms. The third-order valence-corrected chi connectivity index (χ3v) is 4.91. The van der Waals surface area contributed by atoms with Crippen LogP contribution in [-0.4, -0.2) is 10.2 Å². The molecule has 4 rings (SSSR count). The molecule has 0 aliphatic carbocycles. The summed E-state index contributed by atoms with van der Waals surface area (Å²) in [6.45, 7) is 2.33. The summed E-state index contributed by atoms with van der Waals surface area (Å²) in [5, 5.41) is 17.3. The Hall–Kier alpha value is -3.43. The number of aromatic nitrogens is 2. The van der Waals surface area contributed by atoms with Gasteiger partial charge in [-0.3, -0.25) is 5.10 Å². The number of hydrogen-bond donors (Lipinski definition) is 2. The Kier molecular flexibility index (Phi) is 4.68. The largest absolute Gasteiger partial charge is 0.489 e. The van der Waals surface area contributed by atoms with Crippen LogP contribution in [0.25, 0.3) is 0 Å². The van der Waals surface area contributed by atoms with Gasteiger partial charge >= 0.3 is 0 Å². The van der Waals surface area contributed by atoms with Crippen LogP contribution in [0.4, 0.5) is 0 Å². The van der Waals surface area contributed by atoms with Crippen LogP contribution in [-0.2, 0) is 6.61 Å². The van der Waals surface area contributed by atoms with Crippen molar-refractivity contribution in [2.45, 2.75) is 19.4 Å². The molecule has 140 valence electrons. The van der Waals surface area contributed by atoms with Crippen LogP contribution in [0.5, 0.6) is 11.6 Å². The number of aromatic amines is 1. The topological polar surface area (TPSA) is 97.0 Å². The zero-order valence-electron chi connectivity index (χ0n) is 15.1. The molecule has 3 aromatic rings. The standard InChI is InChI=1S/C21H17ClN4O2/c1-12-18-19(17(10-23)20(24)28-21(18)26-25-12)14-4-8-16(9-5-14)27-11-13-2-6-15(22)7-3-13/h2-9,19H,11,24H2,1H3,(H,25,26)/t19-/m1/s1. The summed E-state index contributed by atoms with van der Waals surface area (Å²) in [6, 6.07) is 17.3. The van der Waals surface area contributed by atoms with Gasteiger partial charge in [-0.05, 0) is 42.3 Å². The zero-order valence-corrected chi connectivity index (χ0v) is 15.8. The number of nitriles is 1. The molecule has 6 nitrogen and oxygen atoms in total. The Balaban J connectivity index is 1.58. The van der Waals surface area contributed by atoms with E-state index in [1.54, 1.807) is 0 Å². The monoisotopic (exact) mass is 392 g/mol. The van der Waals surface area contributed by atoms with E-state index in [0.717, 1.165) is 28.1 Å². The lowest BCUT2D eigenvalue weighted by Gasteiger charge is -2.23. The van der Waals surface area contributed by atoms with Gasteiger partial charge in [-0.25, -0.2) is 0 Å². The molecule has 0 bridgehead atoms. The lowest BCUT2D eigenvalue weighted by Crippen LogP contribution is -2.21. The van der Waals surface area contributed by atoms with E-state index < -0.39 is 0 Å². The highest BCUT2D eigenvalue weighted by Crippen LogP contribution is 2.42. The number of benzene rings is 2. The molecule has 1 aliphatic rings. The highest BCUT2D eigenvalue weighted by atomic mass is 35.5. The maximum Gasteiger partial charge on any atom is 0.244 e. The van der Waals surface area contributed by atoms with Crippen molar-refractivity contribution in [2.24, 2.45) is 5.73 Å². The smallest absolute Gasteiger partial charge is 0.244 e. The summed E-state index contributed by atoms with van der Waals surface area (Å²) in [5.74, 6) is 0.875. The highest BCUT2D eigenvalue weighted by molar-refractivity contribution is 6.30. The first-order valence-corrected chi connectivity index (χ1v) is 9.04. The molecule has 1 aromatic heterocycles. The van der Waals surface area contributed by atoms with Crippen LogP contribution in [0.15, 0.2) is 60.0 Å². The number of aryl methyl sites for hydroxylation is 1. The molecule has 28 heavy (non-hydrogen) atoms. The molecule has 0 radical (unpaired) electrons. The molecule has 2 aromatic carbocycles. The number of nitrogens with two attached hydrogens (primary N) is 1. The molecule has 0 unspecified atom stereocenters. The zero-order chi connectivity index (χ0) is 19.7. The van der Waals surface area contributed by atoms with Crippen molar-refractivity contribution >= 4 is 11.6 Å². The lowest BCUT2D eigenvalue weighted by molar-refractivity contribution is 0.306. The second-order valence-corrected chi connectivity index (χ2v) is 6.91. The molecule has 1 aliphatic heterocycles. The number of hydrogen-bond acceptors (Lipinski definition) is 5. The minimum Gasteiger partial charge on any atom is -0.489 e. The van der Waals surface area contributed by atoms with Crippen LogP contribution >= 0.6 is 11.6 Å². The van der Waals surface area contributed by atoms with Gasteiger partial charge in [0, 0.05) is 16.3 Å². The maximum atomic E-state index is 9.60. The lowest BCUT2D eigenvalue weighted by atomic mass is 9.84. The quantitative estimate of drug-likeness (QED) is 0.694. The fourth-order valence-corrected chi connectivity index (χ4v) is 3.36. The Morgan fingerprint density at radius 3 is 2.61 bits per heavy atom. The molecular weight excluding hydrogens is 376 g/mol. The van der Waals surface area contributed by atoms with E-state index in [1.165, 1.54) is 0 Å². The molecule has 3 N–H and O–H groups in total. The van der Waals surface area contributed by atoms with Crippen molar-refractivity contribution in [1.29, 1.82) is 5.26 Å². The summed E-state index contributed by atoms with van der Waals surface area (Å²) in [4.78, 5) is 0. The Labute approximate surface area is 167 Å². The van der Waals surface area contributed by atoms with E-state index in [2.05, 4.69) is 16.3 Å². The molecule has 0 saturated carbocycles. The number of rotatable bonds is 4. The second kappa shape index (κ2) is 7.29. The van der Waals surface area contributed by atoms with Crippen molar-refractivity contribution in [3.8, 4) is 17.7 Å². The highest BCUT2D eigenvalue weighted by Gasteiger charge is 2.34. The second-order valence-electron chi connectivity index (χ2n) is 6.48. The van der Waals surface area contributed by atoms with Gasteiger partial charge in [-0.1, -0.05) is 35.9 Å². The number of halogens is 1. The van der Waals surface area contributed by atoms with Gasteiger partial charge in [0.1, 0.15) is 24.0 Å². The number of allylic oxidation sites excluding steroid dienone is 1. The van der Waals surface area contributed by atoms with Gasteiger partial charge < -0.3 is 15.2 Å². The summed E-state index contributed by atoms with van der Waals surface area (Å²) < 4.78 is 11.3. The number of ether oxygens (including phenoxy) is 2. The van der Waals surface area contributed by atoms with Gasteiger partial charge in [0.25, 0.3) is 0 Å². The van der Waals surface area contributed by atoms with Crippen LogP contribution in [0, 0.1) is 18.3 Å². The van der Waals surface area contributed by atoms with E-state index in [-0.39, 0.29) is 11.8 Å². The molecule has 0 amide bonds. The Bertz CT molecular complexity index is 1080. The van der Waals surface area contributed by atoms with Crippen molar-refractivity contribution in [3.63, 3.8) is 0 Å². The van der Waals surface area contributed by atoms with Crippen molar-refractivity contribution in [3.05, 3.63) is 87.4 Å². The maximum absolute atomic E-state index is 9.60. The number of H-pyrrole nitrogens is 1. The third-order valence-electron chi connectivity index (χ3n) is 4.66. The summed E-state index contributed by atoms with van der Waals surface area (Å²) >= 11 is 5.90. The molecule has 0 saturated heterocycles. The first kappa shape index (κ1) is 18.0. The number of fused-ring (bicyclic) bond motifs is 1. The Morgan fingerprint density at radius 1 is 1.21 bits per heavy atom. The molecule has 1 atom stereocenters. The summed E-state index contributed by atoms with van der Waals surface area (Å²) in [7, 11) is 0. The predicted octanol–water partition coefficient (Wildman–Crippen LogP) is 4.17. The summed E-state index contributed by atoms with van der Waals surface area (Å²) in [6.07, 6.45) is 0. The van der Waals surface area contributed by atoms with Crippen LogP contribution in [0.2, 0.25) is 5.02 Å². The Morgan fingerprint density at radius 2 is 1.93 bits per heavy atom. The predicted molar refractivity (Wildman–Crippen MR) is 105 cm³/mol. The third kappa shape index (κ3) is 3.28. The van der Waals surface area contributed by atoms with Gasteiger partial charge in [0.15, 0.2) is 0 Å². The van der Waals surface area contributed by atoms with Crippen LogP contribution < -0.4 is 15.2 Å². The minimum atomic E-state index is -0.335. The van der Waals surface area contributed by atoms with Crippen molar-refractivity contribution in [1.82, 2.24) is 10.2 Å². The van der Waals surface area contributed by atoms with Crippen molar-refractivity contribution in [2.75, 3.05) is 0 Å². The fraction of sp³-hybridized carbons (Fsp3) is 0.143. The average Bonchev–Trinajstić information content (AvgIpc) is 3.07. The molecular formula is C21H17ClN4O2. The molecule has 0 spiro atoms. The average molecular weight is 393 g/mol. The van der Waals surface area contributed by atoms with Gasteiger partial charge in [-0.2, -0.15) is 5.26 Å². The number of nitrogens with zero attached hydrogens (tertiary/aromatic N) is 2.